The van der Waals surface area contributed by atoms with Crippen LogP contribution in [0, 0.1) is 0 Å². The fraction of sp³-hybridized carbons (Fsp3) is 0.143. The van der Waals surface area contributed by atoms with Gasteiger partial charge in [0.2, 0.25) is 0 Å². The molecule has 1 N–H and O–H groups in total. The van der Waals surface area contributed by atoms with Crippen molar-refractivity contribution in [1.82, 2.24) is 0 Å². The Balaban J connectivity index is 2.17. The first-order valence-electron chi connectivity index (χ1n) is 5.56. The molecule has 0 saturated carbocycles. The van der Waals surface area contributed by atoms with E-state index in [0.29, 0.717) is 0 Å². The van der Waals surface area contributed by atoms with E-state index in [4.69, 9.17) is 11.6 Å². The summed E-state index contributed by atoms with van der Waals surface area (Å²) in [6.07, 6.45) is 1.09. The van der Waals surface area contributed by atoms with E-state index in [9.17, 15) is 0 Å². The van der Waals surface area contributed by atoms with Gasteiger partial charge in [0.15, 0.2) is 0 Å². The van der Waals surface area contributed by atoms with Crippen LogP contribution < -0.4 is 5.32 Å². The molecule has 2 aromatic rings. The van der Waals surface area contributed by atoms with Gasteiger partial charge in [0, 0.05) is 27.3 Å². The molecule has 0 spiro atoms. The van der Waals surface area contributed by atoms with E-state index < -0.39 is 0 Å². The number of halogens is 2. The number of hydrogen-bond donors (Lipinski definition) is 1. The summed E-state index contributed by atoms with van der Waals surface area (Å²) in [7, 11) is 0. The predicted octanol–water partition coefficient (Wildman–Crippen LogP) is 4.74. The van der Waals surface area contributed by atoms with Gasteiger partial charge in [-0.3, -0.25) is 0 Å². The first-order chi connectivity index (χ1) is 8.24. The molecule has 1 nitrogen and oxygen atoms in total. The van der Waals surface area contributed by atoms with Crippen molar-refractivity contribution in [3.05, 3.63) is 51.5 Å². The molecule has 1 heterocycles. The minimum Gasteiger partial charge on any atom is -0.384 e. The van der Waals surface area contributed by atoms with Gasteiger partial charge in [0.25, 0.3) is 0 Å². The third-order valence-electron chi connectivity index (χ3n) is 3.04. The van der Waals surface area contributed by atoms with E-state index in [1.807, 2.05) is 12.1 Å². The van der Waals surface area contributed by atoms with Crippen LogP contribution in [-0.4, -0.2) is 6.54 Å². The highest BCUT2D eigenvalue weighted by atomic mass is 79.9. The van der Waals surface area contributed by atoms with Crippen LogP contribution in [-0.2, 0) is 6.42 Å². The molecule has 0 unspecified atom stereocenters. The topological polar surface area (TPSA) is 12.0 Å². The zero-order valence-corrected chi connectivity index (χ0v) is 11.5. The summed E-state index contributed by atoms with van der Waals surface area (Å²) < 4.78 is 1.13. The van der Waals surface area contributed by atoms with Crippen molar-refractivity contribution in [2.45, 2.75) is 6.42 Å². The Kier molecular flexibility index (Phi) is 2.85. The first kappa shape index (κ1) is 11.1. The number of nitrogens with one attached hydrogen (secondary N) is 1. The summed E-state index contributed by atoms with van der Waals surface area (Å²) in [5, 5.41) is 4.23. The van der Waals surface area contributed by atoms with Crippen LogP contribution in [0.4, 0.5) is 5.69 Å². The van der Waals surface area contributed by atoms with Gasteiger partial charge in [0.05, 0.1) is 0 Å². The van der Waals surface area contributed by atoms with E-state index in [2.05, 4.69) is 45.5 Å². The van der Waals surface area contributed by atoms with E-state index in [0.717, 1.165) is 22.5 Å². The van der Waals surface area contributed by atoms with Crippen molar-refractivity contribution in [1.29, 1.82) is 0 Å². The van der Waals surface area contributed by atoms with E-state index in [-0.39, 0.29) is 0 Å². The largest absolute Gasteiger partial charge is 0.384 e. The molecule has 0 aromatic heterocycles. The normalized spacial score (nSPS) is 13.3. The molecule has 1 aliphatic heterocycles. The van der Waals surface area contributed by atoms with Gasteiger partial charge in [-0.05, 0) is 41.8 Å². The smallest absolute Gasteiger partial charge is 0.0454 e. The van der Waals surface area contributed by atoms with Crippen LogP contribution >= 0.6 is 27.5 Å². The fourth-order valence-electron chi connectivity index (χ4n) is 2.25. The quantitative estimate of drug-likeness (QED) is 0.802. The van der Waals surface area contributed by atoms with Crippen molar-refractivity contribution in [2.75, 3.05) is 11.9 Å². The van der Waals surface area contributed by atoms with Crippen LogP contribution in [0.2, 0.25) is 5.02 Å². The van der Waals surface area contributed by atoms with Gasteiger partial charge < -0.3 is 5.32 Å². The highest BCUT2D eigenvalue weighted by molar-refractivity contribution is 9.10. The maximum atomic E-state index is 5.92. The third-order valence-corrected chi connectivity index (χ3v) is 3.75. The van der Waals surface area contributed by atoms with Crippen molar-refractivity contribution in [3.63, 3.8) is 0 Å². The summed E-state index contributed by atoms with van der Waals surface area (Å²) in [5.74, 6) is 0. The predicted molar refractivity (Wildman–Crippen MR) is 76.8 cm³/mol. The number of hydrogen-bond acceptors (Lipinski definition) is 1. The standard InChI is InChI=1S/C14H11BrClN/c15-11-7-10-5-6-17-14(10)13(8-11)9-1-3-12(16)4-2-9/h1-4,7-8,17H,5-6H2. The lowest BCUT2D eigenvalue weighted by atomic mass is 10.0. The van der Waals surface area contributed by atoms with Gasteiger partial charge in [-0.25, -0.2) is 0 Å². The molecular weight excluding hydrogens is 298 g/mol. The van der Waals surface area contributed by atoms with Gasteiger partial charge in [-0.2, -0.15) is 0 Å². The van der Waals surface area contributed by atoms with Crippen molar-refractivity contribution >= 4 is 33.2 Å². The van der Waals surface area contributed by atoms with Crippen molar-refractivity contribution in [3.8, 4) is 11.1 Å². The Morgan fingerprint density at radius 2 is 1.88 bits per heavy atom. The van der Waals surface area contributed by atoms with Crippen LogP contribution in [0.25, 0.3) is 11.1 Å². The van der Waals surface area contributed by atoms with Crippen LogP contribution in [0.3, 0.4) is 0 Å². The average Bonchev–Trinajstić information content (AvgIpc) is 2.77. The van der Waals surface area contributed by atoms with Crippen LogP contribution in [0.1, 0.15) is 5.56 Å². The first-order valence-corrected chi connectivity index (χ1v) is 6.73. The molecule has 0 fully saturated rings. The van der Waals surface area contributed by atoms with Crippen molar-refractivity contribution < 1.29 is 0 Å². The highest BCUT2D eigenvalue weighted by Crippen LogP contribution is 2.37. The molecule has 3 rings (SSSR count). The fourth-order valence-corrected chi connectivity index (χ4v) is 2.88. The maximum Gasteiger partial charge on any atom is 0.0454 e. The minimum atomic E-state index is 0.772. The summed E-state index contributed by atoms with van der Waals surface area (Å²) in [4.78, 5) is 0. The van der Waals surface area contributed by atoms with Crippen molar-refractivity contribution in [2.24, 2.45) is 0 Å². The SMILES string of the molecule is Clc1ccc(-c2cc(Br)cc3c2NCC3)cc1. The Morgan fingerprint density at radius 3 is 2.65 bits per heavy atom. The number of rotatable bonds is 1. The molecule has 0 bridgehead atoms. The molecular formula is C14H11BrClN. The second-order valence-corrected chi connectivity index (χ2v) is 5.52. The van der Waals surface area contributed by atoms with Crippen LogP contribution in [0.15, 0.2) is 40.9 Å². The van der Waals surface area contributed by atoms with E-state index >= 15 is 0 Å². The highest BCUT2D eigenvalue weighted by Gasteiger charge is 2.16. The van der Waals surface area contributed by atoms with Gasteiger partial charge in [-0.1, -0.05) is 39.7 Å². The molecule has 1 aliphatic rings. The van der Waals surface area contributed by atoms with Gasteiger partial charge in [0.1, 0.15) is 0 Å². The lowest BCUT2D eigenvalue weighted by molar-refractivity contribution is 1.10. The second-order valence-electron chi connectivity index (χ2n) is 4.17. The Hall–Kier alpha value is -0.990. The minimum absolute atomic E-state index is 0.772. The Bertz CT molecular complexity index is 563. The summed E-state index contributed by atoms with van der Waals surface area (Å²) in [6, 6.07) is 12.3. The van der Waals surface area contributed by atoms with Crippen LogP contribution in [0.5, 0.6) is 0 Å². The van der Waals surface area contributed by atoms with Gasteiger partial charge >= 0.3 is 0 Å². The third kappa shape index (κ3) is 2.07. The lowest BCUT2D eigenvalue weighted by Crippen LogP contribution is -1.93. The molecule has 0 atom stereocenters. The monoisotopic (exact) mass is 307 g/mol. The van der Waals surface area contributed by atoms with E-state index in [1.54, 1.807) is 0 Å². The van der Waals surface area contributed by atoms with E-state index in [1.165, 1.54) is 22.4 Å². The summed E-state index contributed by atoms with van der Waals surface area (Å²) >= 11 is 9.50. The molecule has 86 valence electrons. The molecule has 0 saturated heterocycles. The molecule has 2 aromatic carbocycles. The molecule has 0 amide bonds. The zero-order chi connectivity index (χ0) is 11.8. The lowest BCUT2D eigenvalue weighted by Gasteiger charge is -2.10. The average molecular weight is 309 g/mol. The number of benzene rings is 2. The maximum absolute atomic E-state index is 5.92. The Labute approximate surface area is 114 Å². The summed E-state index contributed by atoms with van der Waals surface area (Å²) in [5.41, 5.74) is 5.07. The number of anilines is 1. The molecule has 0 radical (unpaired) electrons. The number of fused-ring (bicyclic) bond motifs is 1. The second kappa shape index (κ2) is 4.35. The zero-order valence-electron chi connectivity index (χ0n) is 9.13. The van der Waals surface area contributed by atoms with Gasteiger partial charge in [-0.15, -0.1) is 0 Å². The summed E-state index contributed by atoms with van der Waals surface area (Å²) in [6.45, 7) is 1.02. The molecule has 0 aliphatic carbocycles. The Morgan fingerprint density at radius 1 is 1.12 bits per heavy atom. The molecule has 17 heavy (non-hydrogen) atoms. The molecule has 3 heteroatoms.